The van der Waals surface area contributed by atoms with Crippen molar-refractivity contribution in [1.82, 2.24) is 15.2 Å². The number of H-pyrrole nitrogens is 1. The highest BCUT2D eigenvalue weighted by atomic mass is 16.2. The van der Waals surface area contributed by atoms with Gasteiger partial charge < -0.3 is 16.0 Å². The van der Waals surface area contributed by atoms with Gasteiger partial charge in [-0.1, -0.05) is 18.2 Å². The summed E-state index contributed by atoms with van der Waals surface area (Å²) in [6.07, 6.45) is 4.62. The number of hydrogen-bond acceptors (Lipinski definition) is 3. The fraction of sp³-hybridized carbons (Fsp3) is 0.474. The lowest BCUT2D eigenvalue weighted by molar-refractivity contribution is -0.128. The molecule has 0 bridgehead atoms. The summed E-state index contributed by atoms with van der Waals surface area (Å²) in [5.41, 5.74) is 8.86. The first-order valence-electron chi connectivity index (χ1n) is 8.88. The minimum atomic E-state index is -0.337. The average Bonchev–Trinajstić information content (AvgIpc) is 2.99. The van der Waals surface area contributed by atoms with Gasteiger partial charge in [0.25, 0.3) is 0 Å². The van der Waals surface area contributed by atoms with Crippen LogP contribution < -0.4 is 11.1 Å². The summed E-state index contributed by atoms with van der Waals surface area (Å²) in [6, 6.07) is 6.26. The molecule has 2 amide bonds. The molecule has 0 saturated carbocycles. The molecule has 6 heteroatoms. The molecular formula is C19H26N4O2. The molecule has 2 aromatic rings. The number of rotatable bonds is 6. The van der Waals surface area contributed by atoms with E-state index in [1.54, 1.807) is 0 Å². The third-order valence-electron chi connectivity index (χ3n) is 4.96. The van der Waals surface area contributed by atoms with Gasteiger partial charge in [-0.25, -0.2) is 0 Å². The minimum absolute atomic E-state index is 0.0571. The van der Waals surface area contributed by atoms with E-state index in [0.29, 0.717) is 13.1 Å². The number of para-hydroxylation sites is 1. The zero-order valence-electron chi connectivity index (χ0n) is 14.7. The second-order valence-electron chi connectivity index (χ2n) is 6.89. The van der Waals surface area contributed by atoms with Gasteiger partial charge in [0, 0.05) is 30.2 Å². The van der Waals surface area contributed by atoms with Gasteiger partial charge in [-0.2, -0.15) is 0 Å². The number of likely N-dealkylation sites (tertiary alicyclic amines) is 1. The van der Waals surface area contributed by atoms with E-state index in [9.17, 15) is 9.59 Å². The number of aromatic amines is 1. The summed E-state index contributed by atoms with van der Waals surface area (Å²) in [5, 5.41) is 4.27. The zero-order valence-corrected chi connectivity index (χ0v) is 14.7. The monoisotopic (exact) mass is 342 g/mol. The quantitative estimate of drug-likeness (QED) is 0.740. The maximum atomic E-state index is 12.4. The number of fused-ring (bicyclic) bond motifs is 1. The zero-order chi connectivity index (χ0) is 17.8. The van der Waals surface area contributed by atoms with E-state index >= 15 is 0 Å². The normalized spacial score (nSPS) is 18.4. The second kappa shape index (κ2) is 7.70. The Bertz CT molecular complexity index is 768. The molecule has 1 aromatic heterocycles. The van der Waals surface area contributed by atoms with Crippen molar-refractivity contribution in [2.75, 3.05) is 26.2 Å². The van der Waals surface area contributed by atoms with Gasteiger partial charge in [0.05, 0.1) is 12.5 Å². The lowest BCUT2D eigenvalue weighted by Crippen LogP contribution is -2.46. The standard InChI is InChI=1S/C19H26N4O2/c1-13-4-2-6-16-14(10-22-18(13)16)7-8-21-19(25)15-5-3-9-23(11-15)12-17(20)24/h2,4,6,10,15,22H,3,5,7-9,11-12H2,1H3,(H2,20,24)(H,21,25)/t15-/m0/s1. The van der Waals surface area contributed by atoms with Crippen LogP contribution in [-0.2, 0) is 16.0 Å². The summed E-state index contributed by atoms with van der Waals surface area (Å²) in [7, 11) is 0. The molecule has 0 unspecified atom stereocenters. The minimum Gasteiger partial charge on any atom is -0.369 e. The van der Waals surface area contributed by atoms with Gasteiger partial charge in [-0.05, 0) is 43.9 Å². The molecule has 1 aliphatic heterocycles. The number of amides is 2. The Kier molecular flexibility index (Phi) is 5.38. The maximum absolute atomic E-state index is 12.4. The lowest BCUT2D eigenvalue weighted by atomic mass is 9.97. The van der Waals surface area contributed by atoms with Gasteiger partial charge in [0.2, 0.25) is 11.8 Å². The molecule has 1 fully saturated rings. The first-order valence-corrected chi connectivity index (χ1v) is 8.88. The third kappa shape index (κ3) is 4.20. The Morgan fingerprint density at radius 2 is 2.24 bits per heavy atom. The van der Waals surface area contributed by atoms with Gasteiger partial charge >= 0.3 is 0 Å². The van der Waals surface area contributed by atoms with Crippen LogP contribution in [0, 0.1) is 12.8 Å². The van der Waals surface area contributed by atoms with Gasteiger partial charge in [0.15, 0.2) is 0 Å². The topological polar surface area (TPSA) is 91.2 Å². The smallest absolute Gasteiger partial charge is 0.231 e. The lowest BCUT2D eigenvalue weighted by Gasteiger charge is -2.30. The number of nitrogens with two attached hydrogens (primary N) is 1. The van der Waals surface area contributed by atoms with Crippen molar-refractivity contribution in [1.29, 1.82) is 0 Å². The number of hydrogen-bond donors (Lipinski definition) is 3. The van der Waals surface area contributed by atoms with Crippen LogP contribution in [0.2, 0.25) is 0 Å². The SMILES string of the molecule is Cc1cccc2c(CCNC(=O)[C@H]3CCCN(CC(N)=O)C3)c[nH]c12. The number of benzene rings is 1. The Hall–Kier alpha value is -2.34. The predicted molar refractivity (Wildman–Crippen MR) is 98.1 cm³/mol. The van der Waals surface area contributed by atoms with E-state index in [1.165, 1.54) is 22.0 Å². The van der Waals surface area contributed by atoms with Crippen molar-refractivity contribution in [2.45, 2.75) is 26.2 Å². The Labute approximate surface area is 147 Å². The third-order valence-corrected chi connectivity index (χ3v) is 4.96. The van der Waals surface area contributed by atoms with Crippen LogP contribution >= 0.6 is 0 Å². The molecule has 2 heterocycles. The first kappa shape index (κ1) is 17.5. The molecule has 1 aliphatic rings. The largest absolute Gasteiger partial charge is 0.369 e. The number of piperidine rings is 1. The number of aryl methyl sites for hydroxylation is 1. The number of carbonyl (C=O) groups excluding carboxylic acids is 2. The molecule has 0 radical (unpaired) electrons. The van der Waals surface area contributed by atoms with Gasteiger partial charge in [-0.15, -0.1) is 0 Å². The van der Waals surface area contributed by atoms with Crippen molar-refractivity contribution in [2.24, 2.45) is 11.7 Å². The van der Waals surface area contributed by atoms with Crippen molar-refractivity contribution in [3.05, 3.63) is 35.5 Å². The molecular weight excluding hydrogens is 316 g/mol. The Morgan fingerprint density at radius 1 is 1.40 bits per heavy atom. The Morgan fingerprint density at radius 3 is 3.04 bits per heavy atom. The summed E-state index contributed by atoms with van der Waals surface area (Å²) in [5.74, 6) is -0.320. The van der Waals surface area contributed by atoms with Crippen LogP contribution in [0.4, 0.5) is 0 Å². The number of carbonyl (C=O) groups is 2. The molecule has 1 aromatic carbocycles. The summed E-state index contributed by atoms with van der Waals surface area (Å²) >= 11 is 0. The summed E-state index contributed by atoms with van der Waals surface area (Å²) < 4.78 is 0. The van der Waals surface area contributed by atoms with Crippen molar-refractivity contribution in [3.8, 4) is 0 Å². The molecule has 0 spiro atoms. The van der Waals surface area contributed by atoms with Gasteiger partial charge in [-0.3, -0.25) is 14.5 Å². The van der Waals surface area contributed by atoms with Crippen molar-refractivity contribution >= 4 is 22.7 Å². The number of nitrogens with zero attached hydrogens (tertiary/aromatic N) is 1. The van der Waals surface area contributed by atoms with Crippen LogP contribution in [0.5, 0.6) is 0 Å². The van der Waals surface area contributed by atoms with E-state index in [2.05, 4.69) is 35.4 Å². The summed E-state index contributed by atoms with van der Waals surface area (Å²) in [6.45, 7) is 4.39. The first-order chi connectivity index (χ1) is 12.0. The highest BCUT2D eigenvalue weighted by Crippen LogP contribution is 2.21. The molecule has 3 rings (SSSR count). The highest BCUT2D eigenvalue weighted by molar-refractivity contribution is 5.86. The molecule has 0 aliphatic carbocycles. The van der Waals surface area contributed by atoms with Crippen molar-refractivity contribution < 1.29 is 9.59 Å². The van der Waals surface area contributed by atoms with Crippen LogP contribution in [0.15, 0.2) is 24.4 Å². The maximum Gasteiger partial charge on any atom is 0.231 e. The number of aromatic nitrogens is 1. The van der Waals surface area contributed by atoms with E-state index in [-0.39, 0.29) is 24.3 Å². The van der Waals surface area contributed by atoms with Crippen LogP contribution in [0.25, 0.3) is 10.9 Å². The molecule has 1 saturated heterocycles. The fourth-order valence-corrected chi connectivity index (χ4v) is 3.67. The van der Waals surface area contributed by atoms with Crippen molar-refractivity contribution in [3.63, 3.8) is 0 Å². The fourth-order valence-electron chi connectivity index (χ4n) is 3.67. The molecule has 25 heavy (non-hydrogen) atoms. The van der Waals surface area contributed by atoms with E-state index in [0.717, 1.165) is 25.8 Å². The van der Waals surface area contributed by atoms with E-state index < -0.39 is 0 Å². The van der Waals surface area contributed by atoms with E-state index in [1.807, 2.05) is 11.1 Å². The molecule has 6 nitrogen and oxygen atoms in total. The average molecular weight is 342 g/mol. The summed E-state index contributed by atoms with van der Waals surface area (Å²) in [4.78, 5) is 28.8. The predicted octanol–water partition coefficient (Wildman–Crippen LogP) is 1.33. The molecule has 4 N–H and O–H groups in total. The number of primary amides is 1. The Balaban J connectivity index is 1.52. The van der Waals surface area contributed by atoms with E-state index in [4.69, 9.17) is 5.73 Å². The highest BCUT2D eigenvalue weighted by Gasteiger charge is 2.26. The molecule has 134 valence electrons. The van der Waals surface area contributed by atoms with Crippen LogP contribution in [0.3, 0.4) is 0 Å². The van der Waals surface area contributed by atoms with Crippen LogP contribution in [0.1, 0.15) is 24.0 Å². The van der Waals surface area contributed by atoms with Crippen LogP contribution in [-0.4, -0.2) is 47.9 Å². The second-order valence-corrected chi connectivity index (χ2v) is 6.89. The molecule has 1 atom stereocenters. The number of nitrogens with one attached hydrogen (secondary N) is 2. The van der Waals surface area contributed by atoms with Gasteiger partial charge in [0.1, 0.15) is 0 Å².